The summed E-state index contributed by atoms with van der Waals surface area (Å²) < 4.78 is 71.7. The van der Waals surface area contributed by atoms with Gasteiger partial charge < -0.3 is 15.8 Å². The Balaban J connectivity index is -0.000000383. The molecule has 0 bridgehead atoms. The molecule has 180 valence electrons. The fourth-order valence-corrected chi connectivity index (χ4v) is 3.60. The summed E-state index contributed by atoms with van der Waals surface area (Å²) in [6.07, 6.45) is -7.95. The number of rotatable bonds is 7. The number of carbonyl (C=O) groups excluding carboxylic acids is 3. The van der Waals surface area contributed by atoms with Crippen LogP contribution in [0.2, 0.25) is 38.3 Å². The van der Waals surface area contributed by atoms with Crippen molar-refractivity contribution >= 4 is 35.4 Å². The quantitative estimate of drug-likeness (QED) is 0.190. The molecule has 0 saturated heterocycles. The Morgan fingerprint density at radius 3 is 1.53 bits per heavy atom. The lowest BCUT2D eigenvalue weighted by molar-refractivity contribution is -0.201. The maximum atomic E-state index is 11.6. The summed E-state index contributed by atoms with van der Waals surface area (Å²) in [5, 5.41) is 1.84. The molecule has 0 aliphatic carbocycles. The number of carbonyl (C=O) groups is 3. The lowest BCUT2D eigenvalue weighted by atomic mass is 10.4. The van der Waals surface area contributed by atoms with Crippen LogP contribution < -0.4 is 11.1 Å². The van der Waals surface area contributed by atoms with Crippen LogP contribution in [0.1, 0.15) is 19.8 Å². The molecule has 6 nitrogen and oxygen atoms in total. The van der Waals surface area contributed by atoms with Crippen molar-refractivity contribution in [3.63, 3.8) is 0 Å². The number of alkyl halides is 6. The number of ether oxygens (including phenoxy) is 1. The summed E-state index contributed by atoms with van der Waals surface area (Å²) in [6, 6.07) is 2.37. The molecule has 0 unspecified atom stereocenters. The second kappa shape index (κ2) is 17.3. The van der Waals surface area contributed by atoms with E-state index in [0.717, 1.165) is 12.6 Å². The number of nitrogens with two attached hydrogens (primary N) is 1. The number of esters is 2. The van der Waals surface area contributed by atoms with Gasteiger partial charge in [0.2, 0.25) is 0 Å². The van der Waals surface area contributed by atoms with Crippen molar-refractivity contribution in [2.75, 3.05) is 13.1 Å². The van der Waals surface area contributed by atoms with Gasteiger partial charge in [0.05, 0.1) is 0 Å². The van der Waals surface area contributed by atoms with Gasteiger partial charge in [-0.25, -0.2) is 4.79 Å². The van der Waals surface area contributed by atoms with Crippen molar-refractivity contribution in [1.82, 2.24) is 5.32 Å². The molecule has 0 aliphatic rings. The van der Waals surface area contributed by atoms with E-state index >= 15 is 0 Å². The van der Waals surface area contributed by atoms with E-state index in [1.165, 1.54) is 12.5 Å². The molecule has 0 fully saturated rings. The molecule has 0 aromatic rings. The third-order valence-corrected chi connectivity index (χ3v) is 6.08. The predicted molar refractivity (Wildman–Crippen MR) is 108 cm³/mol. The van der Waals surface area contributed by atoms with Crippen molar-refractivity contribution in [2.45, 2.75) is 70.4 Å². The zero-order valence-corrected chi connectivity index (χ0v) is 20.2. The first kappa shape index (κ1) is 33.2. The highest BCUT2D eigenvalue weighted by Gasteiger charge is 2.41. The minimum Gasteiger partial charge on any atom is -0.387 e. The predicted octanol–water partition coefficient (Wildman–Crippen LogP) is 3.00. The van der Waals surface area contributed by atoms with Gasteiger partial charge in [-0.2, -0.15) is 26.3 Å². The van der Waals surface area contributed by atoms with Crippen molar-refractivity contribution in [3.8, 4) is 0 Å². The minimum atomic E-state index is -5.09. The maximum Gasteiger partial charge on any atom is 0.491 e. The highest BCUT2D eigenvalue weighted by molar-refractivity contribution is 6.55. The molecule has 0 spiro atoms. The molecule has 0 rings (SSSR count). The minimum absolute atomic E-state index is 0.128. The second-order valence-electron chi connectivity index (χ2n) is 6.99. The second-order valence-corrected chi connectivity index (χ2v) is 13.7. The van der Waals surface area contributed by atoms with Crippen LogP contribution >= 0.6 is 0 Å². The summed E-state index contributed by atoms with van der Waals surface area (Å²) in [6.45, 7) is 10.7. The Bertz CT molecular complexity index is 501. The fraction of sp³-hybridized carbons (Fsp3) is 0.812. The highest BCUT2D eigenvalue weighted by atomic mass is 28.3. The van der Waals surface area contributed by atoms with Crippen LogP contribution in [-0.4, -0.2) is 60.9 Å². The first-order valence-electron chi connectivity index (χ1n) is 9.29. The first-order valence-corrected chi connectivity index (χ1v) is 15.5. The smallest absolute Gasteiger partial charge is 0.387 e. The monoisotopic (exact) mass is 486 g/mol. The van der Waals surface area contributed by atoms with E-state index in [9.17, 15) is 40.7 Å². The Kier molecular flexibility index (Phi) is 19.1. The molecule has 0 aromatic carbocycles. The van der Waals surface area contributed by atoms with Crippen molar-refractivity contribution < 1.29 is 45.5 Å². The normalized spacial score (nSPS) is 11.1. The van der Waals surface area contributed by atoms with Crippen LogP contribution in [0.25, 0.3) is 0 Å². The van der Waals surface area contributed by atoms with E-state index in [1.807, 2.05) is 5.32 Å². The van der Waals surface area contributed by atoms with Crippen LogP contribution in [0.4, 0.5) is 26.3 Å². The molecule has 0 aliphatic heterocycles. The van der Waals surface area contributed by atoms with E-state index in [0.29, 0.717) is 13.3 Å². The standard InChI is InChI=1S/C7H14F3NOSi.C5H15NSi.C4H3F3O3/c1-13(2)5-3-4-11-6(12)7(8,9)10;1-7(2)5-3-4-6;1-2(8)10-3(9)4(5,6)7/h13H,3-5H2,1-2H3,(H,11,12);7H,3-6H2,1-2H3;1H3. The highest BCUT2D eigenvalue weighted by Crippen LogP contribution is 2.16. The number of hydrogen-bond acceptors (Lipinski definition) is 5. The first-order chi connectivity index (χ1) is 13.4. The van der Waals surface area contributed by atoms with Gasteiger partial charge in [0.1, 0.15) is 0 Å². The van der Waals surface area contributed by atoms with Gasteiger partial charge in [-0.1, -0.05) is 38.3 Å². The van der Waals surface area contributed by atoms with Crippen LogP contribution in [0.3, 0.4) is 0 Å². The van der Waals surface area contributed by atoms with Crippen LogP contribution in [0.5, 0.6) is 0 Å². The number of nitrogens with one attached hydrogen (secondary N) is 1. The molecule has 0 saturated carbocycles. The van der Waals surface area contributed by atoms with Gasteiger partial charge in [-0.15, -0.1) is 0 Å². The molecule has 1 amide bonds. The summed E-state index contributed by atoms with van der Waals surface area (Å²) in [5.41, 5.74) is 5.30. The largest absolute Gasteiger partial charge is 0.491 e. The Hall–Kier alpha value is -1.42. The molecular weight excluding hydrogens is 454 g/mol. The summed E-state index contributed by atoms with van der Waals surface area (Å²) >= 11 is 0. The maximum absolute atomic E-state index is 11.6. The number of amides is 1. The van der Waals surface area contributed by atoms with Gasteiger partial charge >= 0.3 is 30.2 Å². The average Bonchev–Trinajstić information content (AvgIpc) is 2.55. The average molecular weight is 487 g/mol. The van der Waals surface area contributed by atoms with Gasteiger partial charge in [0.15, 0.2) is 0 Å². The number of hydrogen-bond donors (Lipinski definition) is 2. The Morgan fingerprint density at radius 2 is 1.30 bits per heavy atom. The van der Waals surface area contributed by atoms with E-state index in [-0.39, 0.29) is 15.3 Å². The third kappa shape index (κ3) is 26.6. The van der Waals surface area contributed by atoms with Gasteiger partial charge in [-0.3, -0.25) is 9.59 Å². The van der Waals surface area contributed by atoms with Crippen LogP contribution in [0.15, 0.2) is 0 Å². The van der Waals surface area contributed by atoms with Gasteiger partial charge in [-0.05, 0) is 19.4 Å². The molecule has 3 N–H and O–H groups in total. The van der Waals surface area contributed by atoms with Crippen molar-refractivity contribution in [3.05, 3.63) is 0 Å². The van der Waals surface area contributed by atoms with Gasteiger partial charge in [0, 0.05) is 31.1 Å². The lowest BCUT2D eigenvalue weighted by Crippen LogP contribution is -2.37. The lowest BCUT2D eigenvalue weighted by Gasteiger charge is -2.07. The van der Waals surface area contributed by atoms with Crippen molar-refractivity contribution in [1.29, 1.82) is 0 Å². The fourth-order valence-electron chi connectivity index (χ4n) is 1.53. The van der Waals surface area contributed by atoms with Crippen LogP contribution in [-0.2, 0) is 19.1 Å². The molecule has 0 radical (unpaired) electrons. The van der Waals surface area contributed by atoms with E-state index in [4.69, 9.17) is 5.73 Å². The topological polar surface area (TPSA) is 98.5 Å². The Morgan fingerprint density at radius 1 is 0.867 bits per heavy atom. The summed E-state index contributed by atoms with van der Waals surface area (Å²) in [7, 11) is -0.976. The number of halogens is 6. The van der Waals surface area contributed by atoms with E-state index < -0.39 is 39.0 Å². The zero-order chi connectivity index (χ0) is 24.5. The van der Waals surface area contributed by atoms with E-state index in [1.54, 1.807) is 0 Å². The molecule has 14 heteroatoms. The van der Waals surface area contributed by atoms with Crippen LogP contribution in [0, 0.1) is 0 Å². The Labute approximate surface area is 176 Å². The molecule has 30 heavy (non-hydrogen) atoms. The molecule has 0 aromatic heterocycles. The summed E-state index contributed by atoms with van der Waals surface area (Å²) in [4.78, 5) is 29.7. The van der Waals surface area contributed by atoms with E-state index in [2.05, 4.69) is 30.9 Å². The molecular formula is C16H32F6N2O4Si2. The third-order valence-electron chi connectivity index (χ3n) is 2.95. The van der Waals surface area contributed by atoms with Crippen molar-refractivity contribution in [2.24, 2.45) is 5.73 Å². The molecule has 0 heterocycles. The summed E-state index contributed by atoms with van der Waals surface area (Å²) in [5.74, 6) is -5.60. The molecule has 0 atom stereocenters. The zero-order valence-electron chi connectivity index (χ0n) is 17.9. The van der Waals surface area contributed by atoms with Gasteiger partial charge in [0.25, 0.3) is 0 Å². The SMILES string of the molecule is CC(=O)OC(=O)C(F)(F)F.C[SiH](C)CCCN.C[SiH](C)CCCNC(=O)C(F)(F)F.